The van der Waals surface area contributed by atoms with Gasteiger partial charge in [-0.2, -0.15) is 0 Å². The lowest BCUT2D eigenvalue weighted by atomic mass is 9.83. The fourth-order valence-electron chi connectivity index (χ4n) is 1.76. The molecule has 114 valence electrons. The Balaban J connectivity index is 3.25. The number of hydrogen-bond acceptors (Lipinski definition) is 5. The number of carboxylic acids is 1. The highest BCUT2D eigenvalue weighted by molar-refractivity contribution is 9.10. The minimum Gasteiger partial charge on any atom is -0.480 e. The lowest BCUT2D eigenvalue weighted by Crippen LogP contribution is -2.40. The number of rotatable bonds is 6. The Labute approximate surface area is 129 Å². The van der Waals surface area contributed by atoms with Crippen LogP contribution in [0.3, 0.4) is 0 Å². The van der Waals surface area contributed by atoms with Crippen LogP contribution in [0.25, 0.3) is 0 Å². The molecule has 21 heavy (non-hydrogen) atoms. The van der Waals surface area contributed by atoms with Crippen LogP contribution in [0, 0.1) is 15.5 Å². The highest BCUT2D eigenvalue weighted by Gasteiger charge is 2.44. The fraction of sp³-hybridized carbons (Fsp3) is 0.385. The maximum Gasteiger partial charge on any atom is 0.323 e. The molecule has 1 aromatic carbocycles. The van der Waals surface area contributed by atoms with Crippen molar-refractivity contribution < 1.29 is 24.4 Å². The van der Waals surface area contributed by atoms with E-state index in [4.69, 9.17) is 4.74 Å². The van der Waals surface area contributed by atoms with Crippen LogP contribution < -0.4 is 0 Å². The van der Waals surface area contributed by atoms with Crippen molar-refractivity contribution in [3.8, 4) is 0 Å². The summed E-state index contributed by atoms with van der Waals surface area (Å²) < 4.78 is 5.26. The van der Waals surface area contributed by atoms with Crippen LogP contribution in [0.5, 0.6) is 0 Å². The number of benzene rings is 1. The highest BCUT2D eigenvalue weighted by Crippen LogP contribution is 2.31. The fourth-order valence-corrected chi connectivity index (χ4v) is 2.11. The monoisotopic (exact) mass is 359 g/mol. The lowest BCUT2D eigenvalue weighted by Gasteiger charge is -2.22. The quantitative estimate of drug-likeness (QED) is 0.362. The average molecular weight is 360 g/mol. The molecule has 0 aliphatic carbocycles. The van der Waals surface area contributed by atoms with Crippen molar-refractivity contribution in [3.63, 3.8) is 0 Å². The largest absolute Gasteiger partial charge is 0.480 e. The molecule has 1 unspecified atom stereocenters. The van der Waals surface area contributed by atoms with E-state index >= 15 is 0 Å². The second-order valence-electron chi connectivity index (χ2n) is 4.56. The maximum absolute atomic E-state index is 11.9. The second-order valence-corrected chi connectivity index (χ2v) is 5.48. The first-order chi connectivity index (χ1) is 9.72. The second kappa shape index (κ2) is 6.66. The van der Waals surface area contributed by atoms with Crippen molar-refractivity contribution >= 4 is 33.6 Å². The van der Waals surface area contributed by atoms with Gasteiger partial charge in [0, 0.05) is 22.5 Å². The minimum atomic E-state index is -1.88. The summed E-state index contributed by atoms with van der Waals surface area (Å²) in [6.07, 6.45) is -0.329. The Morgan fingerprint density at radius 1 is 1.48 bits per heavy atom. The summed E-state index contributed by atoms with van der Waals surface area (Å²) in [7, 11) is 0. The number of nitro groups is 1. The Kier molecular flexibility index (Phi) is 5.42. The number of nitrogens with zero attached hydrogens (tertiary/aromatic N) is 1. The van der Waals surface area contributed by atoms with Crippen LogP contribution in [0.1, 0.15) is 19.4 Å². The van der Waals surface area contributed by atoms with Gasteiger partial charge in [-0.25, -0.2) is 0 Å². The number of ether oxygens (including phenoxy) is 1. The third-order valence-corrected chi connectivity index (χ3v) is 3.48. The SMILES string of the molecule is CCOC(=O)C(C)(Cc1ccc(Br)cc1[N+](=O)[O-])C(=O)O. The molecule has 1 atom stereocenters. The number of esters is 1. The summed E-state index contributed by atoms with van der Waals surface area (Å²) in [6.45, 7) is 2.78. The van der Waals surface area contributed by atoms with Gasteiger partial charge in [-0.3, -0.25) is 19.7 Å². The molecule has 1 aromatic rings. The number of hydrogen-bond donors (Lipinski definition) is 1. The Bertz CT molecular complexity index is 588. The Morgan fingerprint density at radius 3 is 2.57 bits per heavy atom. The van der Waals surface area contributed by atoms with Crippen molar-refractivity contribution in [2.75, 3.05) is 6.61 Å². The van der Waals surface area contributed by atoms with Crippen LogP contribution >= 0.6 is 15.9 Å². The van der Waals surface area contributed by atoms with Gasteiger partial charge in [0.1, 0.15) is 0 Å². The van der Waals surface area contributed by atoms with Crippen LogP contribution in [0.2, 0.25) is 0 Å². The van der Waals surface area contributed by atoms with Gasteiger partial charge in [-0.15, -0.1) is 0 Å². The maximum atomic E-state index is 11.9. The van der Waals surface area contributed by atoms with E-state index < -0.39 is 22.3 Å². The van der Waals surface area contributed by atoms with E-state index in [1.54, 1.807) is 13.0 Å². The molecule has 0 fully saturated rings. The molecule has 0 radical (unpaired) electrons. The molecule has 0 amide bonds. The van der Waals surface area contributed by atoms with Crippen molar-refractivity contribution in [3.05, 3.63) is 38.3 Å². The van der Waals surface area contributed by atoms with E-state index in [2.05, 4.69) is 15.9 Å². The molecular weight excluding hydrogens is 346 g/mol. The molecule has 1 rings (SSSR count). The molecule has 0 spiro atoms. The first-order valence-corrected chi connectivity index (χ1v) is 6.85. The van der Waals surface area contributed by atoms with Crippen LogP contribution in [-0.2, 0) is 20.7 Å². The third kappa shape index (κ3) is 3.78. The number of carbonyl (C=O) groups excluding carboxylic acids is 1. The zero-order valence-corrected chi connectivity index (χ0v) is 13.0. The molecule has 0 aliphatic heterocycles. The third-order valence-electron chi connectivity index (χ3n) is 2.99. The Morgan fingerprint density at radius 2 is 2.10 bits per heavy atom. The van der Waals surface area contributed by atoms with Crippen molar-refractivity contribution in [2.24, 2.45) is 5.41 Å². The molecule has 7 nitrogen and oxygen atoms in total. The van der Waals surface area contributed by atoms with Gasteiger partial charge >= 0.3 is 11.9 Å². The molecule has 0 saturated carbocycles. The summed E-state index contributed by atoms with van der Waals surface area (Å²) >= 11 is 3.11. The molecule has 0 heterocycles. The normalized spacial score (nSPS) is 13.3. The van der Waals surface area contributed by atoms with Gasteiger partial charge in [-0.05, 0) is 19.9 Å². The smallest absolute Gasteiger partial charge is 0.323 e. The zero-order valence-electron chi connectivity index (χ0n) is 11.5. The molecule has 0 saturated heterocycles. The number of halogens is 1. The summed E-state index contributed by atoms with van der Waals surface area (Å²) in [5.74, 6) is -2.31. The van der Waals surface area contributed by atoms with E-state index in [-0.39, 0.29) is 24.3 Å². The molecule has 0 aromatic heterocycles. The van der Waals surface area contributed by atoms with Gasteiger partial charge in [0.25, 0.3) is 5.69 Å². The predicted molar refractivity (Wildman–Crippen MR) is 76.9 cm³/mol. The first-order valence-electron chi connectivity index (χ1n) is 6.05. The van der Waals surface area contributed by atoms with Crippen molar-refractivity contribution in [1.29, 1.82) is 0 Å². The van der Waals surface area contributed by atoms with Crippen molar-refractivity contribution in [1.82, 2.24) is 0 Å². The lowest BCUT2D eigenvalue weighted by molar-refractivity contribution is -0.385. The van der Waals surface area contributed by atoms with Gasteiger partial charge in [-0.1, -0.05) is 22.0 Å². The van der Waals surface area contributed by atoms with Gasteiger partial charge in [0.05, 0.1) is 11.5 Å². The molecular formula is C13H14BrNO6. The van der Waals surface area contributed by atoms with Gasteiger partial charge in [0.15, 0.2) is 5.41 Å². The number of carbonyl (C=O) groups is 2. The molecule has 0 bridgehead atoms. The highest BCUT2D eigenvalue weighted by atomic mass is 79.9. The van der Waals surface area contributed by atoms with Gasteiger partial charge < -0.3 is 9.84 Å². The topological polar surface area (TPSA) is 107 Å². The van der Waals surface area contributed by atoms with E-state index in [0.29, 0.717) is 4.47 Å². The number of nitro benzene ring substituents is 1. The van der Waals surface area contributed by atoms with Crippen LogP contribution in [0.15, 0.2) is 22.7 Å². The van der Waals surface area contributed by atoms with Crippen LogP contribution in [0.4, 0.5) is 5.69 Å². The Hall–Kier alpha value is -1.96. The predicted octanol–water partition coefficient (Wildman–Crippen LogP) is 2.55. The molecule has 0 aliphatic rings. The molecule has 8 heteroatoms. The summed E-state index contributed by atoms with van der Waals surface area (Å²) in [6, 6.07) is 4.24. The van der Waals surface area contributed by atoms with Gasteiger partial charge in [0.2, 0.25) is 0 Å². The van der Waals surface area contributed by atoms with Crippen molar-refractivity contribution in [2.45, 2.75) is 20.3 Å². The number of aliphatic carboxylic acids is 1. The summed E-state index contributed by atoms with van der Waals surface area (Å²) in [5.41, 5.74) is -1.98. The summed E-state index contributed by atoms with van der Waals surface area (Å²) in [4.78, 5) is 33.7. The standard InChI is InChI=1S/C13H14BrNO6/c1-3-21-12(18)13(2,11(16)17)7-8-4-5-9(14)6-10(8)15(19)20/h4-6H,3,7H2,1-2H3,(H,16,17). The zero-order chi connectivity index (χ0) is 16.2. The van der Waals surface area contributed by atoms with Crippen LogP contribution in [-0.4, -0.2) is 28.6 Å². The average Bonchev–Trinajstić information content (AvgIpc) is 2.40. The van der Waals surface area contributed by atoms with E-state index in [1.807, 2.05) is 0 Å². The molecule has 1 N–H and O–H groups in total. The minimum absolute atomic E-state index is 0.0319. The first kappa shape index (κ1) is 17.1. The number of carboxylic acid groups (broad SMARTS) is 1. The van der Waals surface area contributed by atoms with E-state index in [9.17, 15) is 24.8 Å². The van der Waals surface area contributed by atoms with E-state index in [0.717, 1.165) is 0 Å². The summed E-state index contributed by atoms with van der Waals surface area (Å²) in [5, 5.41) is 20.3. The van der Waals surface area contributed by atoms with E-state index in [1.165, 1.54) is 19.1 Å².